The van der Waals surface area contributed by atoms with Crippen molar-refractivity contribution in [3.8, 4) is 0 Å². The summed E-state index contributed by atoms with van der Waals surface area (Å²) in [6, 6.07) is 7.92. The molecule has 6 heteroatoms. The van der Waals surface area contributed by atoms with Crippen molar-refractivity contribution in [1.29, 1.82) is 0 Å². The molecule has 1 aromatic carbocycles. The molecule has 0 aliphatic heterocycles. The molecule has 5 nitrogen and oxygen atoms in total. The minimum Gasteiger partial charge on any atom is -0.361 e. The molecule has 2 N–H and O–H groups in total. The molecule has 0 saturated heterocycles. The molecule has 18 heavy (non-hydrogen) atoms. The first-order valence-corrected chi connectivity index (χ1v) is 6.22. The lowest BCUT2D eigenvalue weighted by Crippen LogP contribution is -2.13. The third-order valence-corrected chi connectivity index (χ3v) is 3.23. The zero-order valence-corrected chi connectivity index (χ0v) is 10.2. The van der Waals surface area contributed by atoms with E-state index in [4.69, 9.17) is 0 Å². The predicted octanol–water partition coefficient (Wildman–Crippen LogP) is 2.20. The van der Waals surface area contributed by atoms with Gasteiger partial charge in [0.2, 0.25) is 5.91 Å². The zero-order chi connectivity index (χ0) is 12.4. The van der Waals surface area contributed by atoms with Gasteiger partial charge in [-0.25, -0.2) is 0 Å². The predicted molar refractivity (Wildman–Crippen MR) is 70.5 cm³/mol. The Morgan fingerprint density at radius 2 is 2.28 bits per heavy atom. The van der Waals surface area contributed by atoms with E-state index in [1.807, 2.05) is 30.5 Å². The summed E-state index contributed by atoms with van der Waals surface area (Å²) >= 11 is 1.17. The Morgan fingerprint density at radius 3 is 3.11 bits per heavy atom. The van der Waals surface area contributed by atoms with E-state index in [0.717, 1.165) is 16.5 Å². The van der Waals surface area contributed by atoms with Crippen molar-refractivity contribution in [1.82, 2.24) is 14.6 Å². The molecule has 0 unspecified atom stereocenters. The number of rotatable bonds is 3. The number of aromatic nitrogens is 3. The van der Waals surface area contributed by atoms with Gasteiger partial charge in [-0.2, -0.15) is 0 Å². The molecule has 3 rings (SSSR count). The van der Waals surface area contributed by atoms with Crippen LogP contribution in [0, 0.1) is 0 Å². The molecule has 0 aliphatic carbocycles. The average molecular weight is 258 g/mol. The topological polar surface area (TPSA) is 70.7 Å². The summed E-state index contributed by atoms with van der Waals surface area (Å²) in [5.74, 6) is -0.0641. The third kappa shape index (κ3) is 2.10. The van der Waals surface area contributed by atoms with Gasteiger partial charge >= 0.3 is 0 Å². The van der Waals surface area contributed by atoms with Crippen molar-refractivity contribution >= 4 is 33.3 Å². The van der Waals surface area contributed by atoms with Crippen molar-refractivity contribution in [2.75, 3.05) is 5.32 Å². The van der Waals surface area contributed by atoms with Crippen LogP contribution in [-0.2, 0) is 11.2 Å². The van der Waals surface area contributed by atoms with Crippen molar-refractivity contribution in [2.24, 2.45) is 0 Å². The molecule has 90 valence electrons. The van der Waals surface area contributed by atoms with E-state index < -0.39 is 0 Å². The molecule has 0 fully saturated rings. The Hall–Kier alpha value is -2.21. The lowest BCUT2D eigenvalue weighted by atomic mass is 10.1. The first kappa shape index (κ1) is 10.9. The smallest absolute Gasteiger partial charge is 0.229 e. The average Bonchev–Trinajstić information content (AvgIpc) is 3.00. The van der Waals surface area contributed by atoms with Crippen LogP contribution in [0.25, 0.3) is 10.9 Å². The van der Waals surface area contributed by atoms with Gasteiger partial charge in [-0.3, -0.25) is 4.79 Å². The Morgan fingerprint density at radius 1 is 1.39 bits per heavy atom. The SMILES string of the molecule is O=C(Cc1c[nH]c2ccccc12)Nc1cnns1. The standard InChI is InChI=1S/C12H10N4OS/c17-11(15-12-7-14-16-18-12)5-8-6-13-10-4-2-1-3-9(8)10/h1-4,6-7,13H,5H2,(H,15,17). The largest absolute Gasteiger partial charge is 0.361 e. The normalized spacial score (nSPS) is 10.7. The number of hydrogen-bond donors (Lipinski definition) is 2. The Labute approximate surface area is 107 Å². The Balaban J connectivity index is 1.78. The van der Waals surface area contributed by atoms with Gasteiger partial charge in [0.15, 0.2) is 0 Å². The second-order valence-electron chi connectivity index (χ2n) is 3.87. The molecule has 2 aromatic heterocycles. The molecule has 0 aliphatic rings. The molecular formula is C12H10N4OS. The van der Waals surface area contributed by atoms with Gasteiger partial charge < -0.3 is 10.3 Å². The van der Waals surface area contributed by atoms with Gasteiger partial charge in [0.05, 0.1) is 12.6 Å². The van der Waals surface area contributed by atoms with Crippen LogP contribution < -0.4 is 5.32 Å². The molecule has 0 bridgehead atoms. The highest BCUT2D eigenvalue weighted by Crippen LogP contribution is 2.18. The van der Waals surface area contributed by atoms with E-state index in [1.54, 1.807) is 0 Å². The molecular weight excluding hydrogens is 248 g/mol. The van der Waals surface area contributed by atoms with Crippen molar-refractivity contribution in [2.45, 2.75) is 6.42 Å². The highest BCUT2D eigenvalue weighted by Gasteiger charge is 2.09. The minimum absolute atomic E-state index is 0.0641. The van der Waals surface area contributed by atoms with Crippen LogP contribution >= 0.6 is 11.5 Å². The van der Waals surface area contributed by atoms with Gasteiger partial charge in [-0.15, -0.1) is 5.10 Å². The number of benzene rings is 1. The van der Waals surface area contributed by atoms with Crippen LogP contribution in [0.2, 0.25) is 0 Å². The molecule has 1 amide bonds. The van der Waals surface area contributed by atoms with E-state index in [0.29, 0.717) is 11.4 Å². The maximum Gasteiger partial charge on any atom is 0.229 e. The second kappa shape index (κ2) is 4.58. The molecule has 2 heterocycles. The summed E-state index contributed by atoms with van der Waals surface area (Å²) in [5, 5.41) is 8.18. The van der Waals surface area contributed by atoms with Crippen LogP contribution in [0.5, 0.6) is 0 Å². The Kier molecular flexibility index (Phi) is 2.77. The van der Waals surface area contributed by atoms with Gasteiger partial charge in [0, 0.05) is 28.6 Å². The van der Waals surface area contributed by atoms with E-state index in [1.165, 1.54) is 17.7 Å². The fraction of sp³-hybridized carbons (Fsp3) is 0.0833. The van der Waals surface area contributed by atoms with E-state index >= 15 is 0 Å². The molecule has 0 saturated carbocycles. The summed E-state index contributed by atoms with van der Waals surface area (Å²) in [5.41, 5.74) is 2.03. The third-order valence-electron chi connectivity index (χ3n) is 2.65. The monoisotopic (exact) mass is 258 g/mol. The van der Waals surface area contributed by atoms with Gasteiger partial charge in [-0.1, -0.05) is 22.7 Å². The number of fused-ring (bicyclic) bond motifs is 1. The number of nitrogens with zero attached hydrogens (tertiary/aromatic N) is 2. The van der Waals surface area contributed by atoms with Crippen LogP contribution in [0.1, 0.15) is 5.56 Å². The van der Waals surface area contributed by atoms with Crippen molar-refractivity contribution in [3.63, 3.8) is 0 Å². The van der Waals surface area contributed by atoms with Gasteiger partial charge in [-0.05, 0) is 11.6 Å². The van der Waals surface area contributed by atoms with Crippen molar-refractivity contribution < 1.29 is 4.79 Å². The fourth-order valence-electron chi connectivity index (χ4n) is 1.85. The molecule has 0 spiro atoms. The summed E-state index contributed by atoms with van der Waals surface area (Å²) < 4.78 is 3.69. The number of nitrogens with one attached hydrogen (secondary N) is 2. The second-order valence-corrected chi connectivity index (χ2v) is 4.65. The van der Waals surface area contributed by atoms with Crippen LogP contribution in [0.4, 0.5) is 5.00 Å². The maximum atomic E-state index is 11.8. The van der Waals surface area contributed by atoms with E-state index in [-0.39, 0.29) is 5.91 Å². The van der Waals surface area contributed by atoms with Crippen LogP contribution in [0.3, 0.4) is 0 Å². The van der Waals surface area contributed by atoms with Gasteiger partial charge in [0.25, 0.3) is 0 Å². The van der Waals surface area contributed by atoms with E-state index in [2.05, 4.69) is 19.9 Å². The molecule has 3 aromatic rings. The number of anilines is 1. The minimum atomic E-state index is -0.0641. The fourth-order valence-corrected chi connectivity index (χ4v) is 2.29. The molecule has 0 radical (unpaired) electrons. The summed E-state index contributed by atoms with van der Waals surface area (Å²) in [6.07, 6.45) is 3.74. The number of aromatic amines is 1. The number of hydrogen-bond acceptors (Lipinski definition) is 4. The summed E-state index contributed by atoms with van der Waals surface area (Å²) in [6.45, 7) is 0. The summed E-state index contributed by atoms with van der Waals surface area (Å²) in [4.78, 5) is 15.0. The number of para-hydroxylation sites is 1. The maximum absolute atomic E-state index is 11.8. The highest BCUT2D eigenvalue weighted by molar-refractivity contribution is 7.10. The Bertz CT molecular complexity index is 674. The van der Waals surface area contributed by atoms with Crippen LogP contribution in [-0.4, -0.2) is 20.5 Å². The van der Waals surface area contributed by atoms with Crippen molar-refractivity contribution in [3.05, 3.63) is 42.2 Å². The lowest BCUT2D eigenvalue weighted by Gasteiger charge is -2.00. The van der Waals surface area contributed by atoms with E-state index in [9.17, 15) is 4.79 Å². The zero-order valence-electron chi connectivity index (χ0n) is 9.38. The van der Waals surface area contributed by atoms with Gasteiger partial charge in [0.1, 0.15) is 5.00 Å². The number of H-pyrrole nitrogens is 1. The van der Waals surface area contributed by atoms with Crippen LogP contribution in [0.15, 0.2) is 36.7 Å². The summed E-state index contributed by atoms with van der Waals surface area (Å²) in [7, 11) is 0. The number of carbonyl (C=O) groups is 1. The lowest BCUT2D eigenvalue weighted by molar-refractivity contribution is -0.115. The number of carbonyl (C=O) groups excluding carboxylic acids is 1. The first-order chi connectivity index (χ1) is 8.83. The highest BCUT2D eigenvalue weighted by atomic mass is 32.1. The number of amides is 1. The molecule has 0 atom stereocenters. The first-order valence-electron chi connectivity index (χ1n) is 5.45. The quantitative estimate of drug-likeness (QED) is 0.756.